The van der Waals surface area contributed by atoms with Crippen molar-refractivity contribution in [3.63, 3.8) is 0 Å². The van der Waals surface area contributed by atoms with Gasteiger partial charge in [-0.1, -0.05) is 13.2 Å². The molecule has 0 radical (unpaired) electrons. The average Bonchev–Trinajstić information content (AvgIpc) is 2.59. The van der Waals surface area contributed by atoms with E-state index >= 15 is 0 Å². The third-order valence-electron chi connectivity index (χ3n) is 4.23. The van der Waals surface area contributed by atoms with E-state index in [1.54, 1.807) is 27.9 Å². The van der Waals surface area contributed by atoms with Crippen LogP contribution in [0.5, 0.6) is 0 Å². The zero-order valence-electron chi connectivity index (χ0n) is 16.1. The summed E-state index contributed by atoms with van der Waals surface area (Å²) in [7, 11) is 3.27. The number of hydrogen-bond donors (Lipinski definition) is 0. The number of amides is 4. The Kier molecular flexibility index (Phi) is 7.55. The molecule has 1 fully saturated rings. The largest absolute Gasteiger partial charge is 0.340 e. The van der Waals surface area contributed by atoms with E-state index in [0.29, 0.717) is 50.4 Å². The highest BCUT2D eigenvalue weighted by atomic mass is 16.2. The van der Waals surface area contributed by atoms with Crippen LogP contribution in [-0.4, -0.2) is 96.6 Å². The van der Waals surface area contributed by atoms with Crippen LogP contribution in [-0.2, 0) is 19.2 Å². The van der Waals surface area contributed by atoms with Gasteiger partial charge < -0.3 is 19.6 Å². The first kappa shape index (κ1) is 21.4. The van der Waals surface area contributed by atoms with E-state index in [0.717, 1.165) is 0 Å². The van der Waals surface area contributed by atoms with Crippen LogP contribution < -0.4 is 0 Å². The van der Waals surface area contributed by atoms with Gasteiger partial charge in [0.15, 0.2) is 0 Å². The van der Waals surface area contributed by atoms with E-state index in [2.05, 4.69) is 13.2 Å². The Bertz CT molecular complexity index is 575. The molecule has 0 aromatic heterocycles. The number of nitrogens with zero attached hydrogens (tertiary/aromatic N) is 4. The Balaban J connectivity index is 2.52. The van der Waals surface area contributed by atoms with Gasteiger partial charge in [0, 0.05) is 64.5 Å². The van der Waals surface area contributed by atoms with E-state index < -0.39 is 11.8 Å². The smallest absolute Gasteiger partial charge is 0.312 e. The zero-order valence-corrected chi connectivity index (χ0v) is 16.1. The van der Waals surface area contributed by atoms with Crippen molar-refractivity contribution in [2.75, 3.05) is 53.4 Å². The fraction of sp³-hybridized carbons (Fsp3) is 0.556. The number of hydrogen-bond acceptors (Lipinski definition) is 4. The maximum Gasteiger partial charge on any atom is 0.312 e. The summed E-state index contributed by atoms with van der Waals surface area (Å²) in [6, 6.07) is 0. The molecule has 26 heavy (non-hydrogen) atoms. The van der Waals surface area contributed by atoms with Gasteiger partial charge in [0.2, 0.25) is 11.8 Å². The third kappa shape index (κ3) is 5.44. The van der Waals surface area contributed by atoms with Crippen molar-refractivity contribution in [1.82, 2.24) is 19.6 Å². The van der Waals surface area contributed by atoms with Crippen molar-refractivity contribution in [1.29, 1.82) is 0 Å². The molecule has 8 heteroatoms. The Hall–Kier alpha value is -2.64. The van der Waals surface area contributed by atoms with Crippen LogP contribution in [0.25, 0.3) is 0 Å². The van der Waals surface area contributed by atoms with Gasteiger partial charge in [-0.25, -0.2) is 0 Å². The van der Waals surface area contributed by atoms with Crippen molar-refractivity contribution >= 4 is 23.6 Å². The second kappa shape index (κ2) is 9.17. The average molecular weight is 364 g/mol. The summed E-state index contributed by atoms with van der Waals surface area (Å²) in [6.07, 6.45) is 0. The lowest BCUT2D eigenvalue weighted by atomic mass is 10.2. The van der Waals surface area contributed by atoms with Gasteiger partial charge >= 0.3 is 11.8 Å². The van der Waals surface area contributed by atoms with Gasteiger partial charge in [0.05, 0.1) is 0 Å². The summed E-state index contributed by atoms with van der Waals surface area (Å²) in [5.74, 6) is -1.54. The number of rotatable bonds is 8. The molecule has 1 rings (SSSR count). The molecule has 1 aliphatic heterocycles. The summed E-state index contributed by atoms with van der Waals surface area (Å²) in [5.41, 5.74) is 0.848. The van der Waals surface area contributed by atoms with Crippen LogP contribution in [0.1, 0.15) is 13.8 Å². The van der Waals surface area contributed by atoms with E-state index in [1.807, 2.05) is 0 Å². The predicted octanol–water partition coefficient (Wildman–Crippen LogP) is -0.274. The molecule has 4 amide bonds. The lowest BCUT2D eigenvalue weighted by Gasteiger charge is -2.35. The van der Waals surface area contributed by atoms with E-state index in [1.165, 1.54) is 19.6 Å². The summed E-state index contributed by atoms with van der Waals surface area (Å²) < 4.78 is 0. The van der Waals surface area contributed by atoms with Gasteiger partial charge in [-0.15, -0.1) is 0 Å². The minimum Gasteiger partial charge on any atom is -0.340 e. The quantitative estimate of drug-likeness (QED) is 0.438. The molecule has 0 aromatic rings. The van der Waals surface area contributed by atoms with Crippen LogP contribution >= 0.6 is 0 Å². The molecule has 0 bridgehead atoms. The Morgan fingerprint density at radius 3 is 1.42 bits per heavy atom. The number of carbonyl (C=O) groups excluding carboxylic acids is 4. The van der Waals surface area contributed by atoms with E-state index in [-0.39, 0.29) is 11.8 Å². The summed E-state index contributed by atoms with van der Waals surface area (Å²) in [4.78, 5) is 53.9. The molecule has 0 saturated carbocycles. The molecule has 0 spiro atoms. The van der Waals surface area contributed by atoms with Gasteiger partial charge in [-0.2, -0.15) is 0 Å². The standard InChI is InChI=1S/C18H28N4O4/c1-13(2)15(23)19(5)7-9-21-11-12-22(18(26)17(21)25)10-8-20(6)16(24)14(3)4/h1,3,7-12H2,2,4-6H3. The molecule has 0 aliphatic carbocycles. The Morgan fingerprint density at radius 1 is 0.846 bits per heavy atom. The molecular weight excluding hydrogens is 336 g/mol. The third-order valence-corrected chi connectivity index (χ3v) is 4.23. The molecule has 1 aliphatic rings. The predicted molar refractivity (Wildman–Crippen MR) is 98.1 cm³/mol. The second-order valence-corrected chi connectivity index (χ2v) is 6.60. The van der Waals surface area contributed by atoms with Crippen LogP contribution in [0.4, 0.5) is 0 Å². The highest BCUT2D eigenvalue weighted by molar-refractivity contribution is 6.35. The fourth-order valence-corrected chi connectivity index (χ4v) is 2.54. The molecule has 1 saturated heterocycles. The lowest BCUT2D eigenvalue weighted by Crippen LogP contribution is -2.56. The summed E-state index contributed by atoms with van der Waals surface area (Å²) in [6.45, 7) is 12.5. The minimum atomic E-state index is -0.582. The lowest BCUT2D eigenvalue weighted by molar-refractivity contribution is -0.156. The van der Waals surface area contributed by atoms with Crippen LogP contribution in [0.3, 0.4) is 0 Å². The zero-order chi connectivity index (χ0) is 20.0. The topological polar surface area (TPSA) is 81.2 Å². The van der Waals surface area contributed by atoms with Crippen molar-refractivity contribution < 1.29 is 19.2 Å². The summed E-state index contributed by atoms with van der Waals surface area (Å²) >= 11 is 0. The first-order chi connectivity index (χ1) is 12.1. The Labute approximate surface area is 154 Å². The molecule has 144 valence electrons. The molecule has 1 heterocycles. The Morgan fingerprint density at radius 2 is 1.15 bits per heavy atom. The second-order valence-electron chi connectivity index (χ2n) is 6.60. The van der Waals surface area contributed by atoms with E-state index in [9.17, 15) is 19.2 Å². The van der Waals surface area contributed by atoms with Crippen LogP contribution in [0.15, 0.2) is 24.3 Å². The van der Waals surface area contributed by atoms with Crippen LogP contribution in [0, 0.1) is 0 Å². The van der Waals surface area contributed by atoms with E-state index in [4.69, 9.17) is 0 Å². The minimum absolute atomic E-state index is 0.187. The fourth-order valence-electron chi connectivity index (χ4n) is 2.54. The highest BCUT2D eigenvalue weighted by Gasteiger charge is 2.32. The molecule has 0 unspecified atom stereocenters. The van der Waals surface area contributed by atoms with Gasteiger partial charge in [-0.05, 0) is 13.8 Å². The van der Waals surface area contributed by atoms with Crippen LogP contribution in [0.2, 0.25) is 0 Å². The normalized spacial score (nSPS) is 14.3. The first-order valence-electron chi connectivity index (χ1n) is 8.46. The maximum atomic E-state index is 12.3. The number of carbonyl (C=O) groups is 4. The van der Waals surface area contributed by atoms with Gasteiger partial charge in [0.1, 0.15) is 0 Å². The summed E-state index contributed by atoms with van der Waals surface area (Å²) in [5, 5.41) is 0. The van der Waals surface area contributed by atoms with Crippen molar-refractivity contribution in [3.8, 4) is 0 Å². The maximum absolute atomic E-state index is 12.3. The van der Waals surface area contributed by atoms with Crippen molar-refractivity contribution in [2.45, 2.75) is 13.8 Å². The molecular formula is C18H28N4O4. The first-order valence-corrected chi connectivity index (χ1v) is 8.46. The van der Waals surface area contributed by atoms with Crippen molar-refractivity contribution in [3.05, 3.63) is 24.3 Å². The number of likely N-dealkylation sites (N-methyl/N-ethyl adjacent to an activating group) is 2. The van der Waals surface area contributed by atoms with Gasteiger partial charge in [-0.3, -0.25) is 19.2 Å². The number of piperazine rings is 1. The SMILES string of the molecule is C=C(C)C(=O)N(C)CCN1CCN(CCN(C)C(=O)C(=C)C)C(=O)C1=O. The molecule has 0 atom stereocenters. The molecule has 0 N–H and O–H groups in total. The molecule has 8 nitrogen and oxygen atoms in total. The molecule has 0 aromatic carbocycles. The monoisotopic (exact) mass is 364 g/mol. The van der Waals surface area contributed by atoms with Crippen molar-refractivity contribution in [2.24, 2.45) is 0 Å². The van der Waals surface area contributed by atoms with Gasteiger partial charge in [0.25, 0.3) is 0 Å². The highest BCUT2D eigenvalue weighted by Crippen LogP contribution is 2.07.